The van der Waals surface area contributed by atoms with E-state index in [2.05, 4.69) is 10.1 Å². The standard InChI is InChI=1S/C29H23N5O3S/c1-3-37-24-15-11-20(12-16-24)27-30-29-34(32-27)28(35)25(38-29)17-21-18-33(22-7-5-4-6-8-22)31-26(21)19-9-13-23(36-2)14-10-19/h4-18H,3H2,1-2H3/b25-17-. The summed E-state index contributed by atoms with van der Waals surface area (Å²) in [5.74, 6) is 2.04. The number of methoxy groups -OCH3 is 1. The van der Waals surface area contributed by atoms with Gasteiger partial charge in [0.05, 0.1) is 23.9 Å². The molecule has 3 aromatic heterocycles. The molecule has 9 heteroatoms. The third-order valence-corrected chi connectivity index (χ3v) is 6.98. The third kappa shape index (κ3) is 4.44. The zero-order valence-corrected chi connectivity index (χ0v) is 21.6. The summed E-state index contributed by atoms with van der Waals surface area (Å²) in [7, 11) is 1.64. The van der Waals surface area contributed by atoms with Crippen molar-refractivity contribution in [3.05, 3.63) is 106 Å². The van der Waals surface area contributed by atoms with Crippen LogP contribution >= 0.6 is 11.3 Å². The number of para-hydroxylation sites is 1. The van der Waals surface area contributed by atoms with E-state index >= 15 is 0 Å². The first kappa shape index (κ1) is 23.6. The first-order chi connectivity index (χ1) is 18.6. The number of ether oxygens (including phenoxy) is 2. The van der Waals surface area contributed by atoms with Crippen molar-refractivity contribution >= 4 is 22.4 Å². The fourth-order valence-corrected chi connectivity index (χ4v) is 5.04. The minimum atomic E-state index is -0.220. The molecular weight excluding hydrogens is 498 g/mol. The van der Waals surface area contributed by atoms with Gasteiger partial charge in [-0.05, 0) is 73.7 Å². The van der Waals surface area contributed by atoms with E-state index < -0.39 is 0 Å². The van der Waals surface area contributed by atoms with Crippen LogP contribution in [0.1, 0.15) is 12.5 Å². The Morgan fingerprint density at radius 3 is 2.29 bits per heavy atom. The van der Waals surface area contributed by atoms with E-state index in [1.807, 2.05) is 103 Å². The van der Waals surface area contributed by atoms with E-state index in [4.69, 9.17) is 14.6 Å². The van der Waals surface area contributed by atoms with Crippen molar-refractivity contribution in [2.45, 2.75) is 6.92 Å². The largest absolute Gasteiger partial charge is 0.497 e. The highest BCUT2D eigenvalue weighted by molar-refractivity contribution is 7.15. The molecule has 3 heterocycles. The second kappa shape index (κ2) is 9.95. The lowest BCUT2D eigenvalue weighted by molar-refractivity contribution is 0.340. The van der Waals surface area contributed by atoms with Crippen LogP contribution in [0.3, 0.4) is 0 Å². The second-order valence-corrected chi connectivity index (χ2v) is 9.45. The van der Waals surface area contributed by atoms with Crippen molar-refractivity contribution in [1.29, 1.82) is 0 Å². The molecule has 6 rings (SSSR count). The predicted molar refractivity (Wildman–Crippen MR) is 148 cm³/mol. The van der Waals surface area contributed by atoms with Crippen LogP contribution in [0.15, 0.2) is 89.9 Å². The van der Waals surface area contributed by atoms with Crippen LogP contribution in [0.25, 0.3) is 39.4 Å². The van der Waals surface area contributed by atoms with Crippen LogP contribution in [0, 0.1) is 0 Å². The van der Waals surface area contributed by atoms with Gasteiger partial charge in [-0.25, -0.2) is 4.68 Å². The zero-order valence-electron chi connectivity index (χ0n) is 20.7. The number of hydrogen-bond donors (Lipinski definition) is 0. The maximum absolute atomic E-state index is 13.3. The predicted octanol–water partition coefficient (Wildman–Crippen LogP) is 4.63. The Balaban J connectivity index is 1.42. The minimum absolute atomic E-state index is 0.220. The molecule has 0 unspecified atom stereocenters. The highest BCUT2D eigenvalue weighted by atomic mass is 32.1. The van der Waals surface area contributed by atoms with Crippen molar-refractivity contribution in [3.63, 3.8) is 0 Å². The molecule has 0 spiro atoms. The van der Waals surface area contributed by atoms with Gasteiger partial charge in [-0.15, -0.1) is 5.10 Å². The van der Waals surface area contributed by atoms with Gasteiger partial charge in [0.2, 0.25) is 4.96 Å². The average molecular weight is 522 g/mol. The number of benzene rings is 3. The molecule has 0 aliphatic carbocycles. The molecule has 0 bridgehead atoms. The van der Waals surface area contributed by atoms with E-state index in [1.54, 1.807) is 7.11 Å². The topological polar surface area (TPSA) is 83.5 Å². The Morgan fingerprint density at radius 2 is 1.61 bits per heavy atom. The quantitative estimate of drug-likeness (QED) is 0.305. The summed E-state index contributed by atoms with van der Waals surface area (Å²) < 4.78 is 14.5. The molecule has 0 aliphatic heterocycles. The highest BCUT2D eigenvalue weighted by Gasteiger charge is 2.15. The molecule has 0 saturated carbocycles. The number of rotatable bonds is 7. The Morgan fingerprint density at radius 1 is 0.895 bits per heavy atom. The lowest BCUT2D eigenvalue weighted by Crippen LogP contribution is -2.23. The normalized spacial score (nSPS) is 11.8. The van der Waals surface area contributed by atoms with Crippen LogP contribution in [0.4, 0.5) is 0 Å². The Bertz CT molecular complexity index is 1820. The van der Waals surface area contributed by atoms with Gasteiger partial charge in [-0.3, -0.25) is 4.79 Å². The molecular formula is C29H23N5O3S. The van der Waals surface area contributed by atoms with E-state index in [9.17, 15) is 4.79 Å². The average Bonchev–Trinajstić information content (AvgIpc) is 3.65. The number of hydrogen-bond acceptors (Lipinski definition) is 7. The summed E-state index contributed by atoms with van der Waals surface area (Å²) in [6, 6.07) is 25.1. The number of nitrogens with zero attached hydrogens (tertiary/aromatic N) is 5. The summed E-state index contributed by atoms with van der Waals surface area (Å²) in [6.45, 7) is 2.54. The van der Waals surface area contributed by atoms with Gasteiger partial charge >= 0.3 is 0 Å². The van der Waals surface area contributed by atoms with Crippen molar-refractivity contribution in [3.8, 4) is 39.8 Å². The lowest BCUT2D eigenvalue weighted by Gasteiger charge is -2.02. The van der Waals surface area contributed by atoms with Crippen LogP contribution in [0.5, 0.6) is 11.5 Å². The van der Waals surface area contributed by atoms with Gasteiger partial charge < -0.3 is 9.47 Å². The van der Waals surface area contributed by atoms with Crippen LogP contribution < -0.4 is 19.6 Å². The maximum atomic E-state index is 13.3. The number of fused-ring (bicyclic) bond motifs is 1. The molecule has 38 heavy (non-hydrogen) atoms. The van der Waals surface area contributed by atoms with Crippen LogP contribution in [-0.4, -0.2) is 38.1 Å². The van der Waals surface area contributed by atoms with Crippen molar-refractivity contribution in [2.24, 2.45) is 0 Å². The maximum Gasteiger partial charge on any atom is 0.291 e. The van der Waals surface area contributed by atoms with Crippen LogP contribution in [0.2, 0.25) is 0 Å². The van der Waals surface area contributed by atoms with Gasteiger partial charge in [0.15, 0.2) is 5.82 Å². The van der Waals surface area contributed by atoms with E-state index in [0.29, 0.717) is 21.9 Å². The molecule has 6 aromatic rings. The fourth-order valence-electron chi connectivity index (χ4n) is 4.14. The molecule has 0 saturated heterocycles. The third-order valence-electron chi connectivity index (χ3n) is 6.02. The van der Waals surface area contributed by atoms with Gasteiger partial charge in [-0.2, -0.15) is 14.6 Å². The summed E-state index contributed by atoms with van der Waals surface area (Å²) in [5, 5.41) is 9.33. The summed E-state index contributed by atoms with van der Waals surface area (Å²) in [5.41, 5.74) is 4.00. The van der Waals surface area contributed by atoms with Crippen LogP contribution in [-0.2, 0) is 0 Å². The fraction of sp³-hybridized carbons (Fsp3) is 0.103. The van der Waals surface area contributed by atoms with Gasteiger partial charge in [-0.1, -0.05) is 29.5 Å². The molecule has 188 valence electrons. The first-order valence-electron chi connectivity index (χ1n) is 12.1. The molecule has 0 atom stereocenters. The molecule has 0 aliphatic rings. The van der Waals surface area contributed by atoms with Gasteiger partial charge in [0.25, 0.3) is 5.56 Å². The summed E-state index contributed by atoms with van der Waals surface area (Å²) in [4.78, 5) is 18.4. The van der Waals surface area contributed by atoms with E-state index in [-0.39, 0.29) is 5.56 Å². The summed E-state index contributed by atoms with van der Waals surface area (Å²) >= 11 is 1.30. The Labute approximate surface area is 222 Å². The Kier molecular flexibility index (Phi) is 6.19. The smallest absolute Gasteiger partial charge is 0.291 e. The molecule has 0 fully saturated rings. The van der Waals surface area contributed by atoms with E-state index in [0.717, 1.165) is 39.6 Å². The summed E-state index contributed by atoms with van der Waals surface area (Å²) in [6.07, 6.45) is 3.78. The number of thiazole rings is 1. The second-order valence-electron chi connectivity index (χ2n) is 8.44. The minimum Gasteiger partial charge on any atom is -0.497 e. The zero-order chi connectivity index (χ0) is 26.1. The highest BCUT2D eigenvalue weighted by Crippen LogP contribution is 2.27. The molecule has 0 radical (unpaired) electrons. The lowest BCUT2D eigenvalue weighted by atomic mass is 10.1. The van der Waals surface area contributed by atoms with Crippen molar-refractivity contribution in [1.82, 2.24) is 24.4 Å². The molecule has 3 aromatic carbocycles. The number of aromatic nitrogens is 5. The van der Waals surface area contributed by atoms with Crippen molar-refractivity contribution < 1.29 is 9.47 Å². The van der Waals surface area contributed by atoms with Crippen molar-refractivity contribution in [2.75, 3.05) is 13.7 Å². The van der Waals surface area contributed by atoms with Gasteiger partial charge in [0, 0.05) is 22.9 Å². The van der Waals surface area contributed by atoms with Gasteiger partial charge in [0.1, 0.15) is 17.2 Å². The monoisotopic (exact) mass is 521 g/mol. The van der Waals surface area contributed by atoms with E-state index in [1.165, 1.54) is 15.9 Å². The first-order valence-corrected chi connectivity index (χ1v) is 12.9. The SMILES string of the molecule is CCOc1ccc(-c2nc3s/c(=C\c4cn(-c5ccccc5)nc4-c4ccc(OC)cc4)c(=O)n3n2)cc1. The molecule has 8 nitrogen and oxygen atoms in total. The Hall–Kier alpha value is -4.76. The molecule has 0 N–H and O–H groups in total. The molecule has 0 amide bonds.